The summed E-state index contributed by atoms with van der Waals surface area (Å²) in [5, 5.41) is 8.21. The Hall–Kier alpha value is -4.68. The van der Waals surface area contributed by atoms with E-state index in [4.69, 9.17) is 0 Å². The fourth-order valence-electron chi connectivity index (χ4n) is 5.12. The van der Waals surface area contributed by atoms with Crippen LogP contribution >= 0.6 is 0 Å². The average Bonchev–Trinajstić information content (AvgIpc) is 3.04. The Labute approximate surface area is 302 Å². The van der Waals surface area contributed by atoms with E-state index in [-0.39, 0.29) is 63.5 Å². The standard InChI is InChI=1S/C32H24N6O8S2.Na/c1-17-13-19(7-9-23(17)35-37-25-15-27(47(41,42)43)21-5-3-11-33-29(21)31(25)39)20-8-10-24(18(2)14-20)36-38-26-16-28(48(44,45)46)22-6-4-12-34-30(22)32(26)40;/h3-16,35-36H,1-2H3,(H,41,42,43)(H,44,45,46);. The molecule has 2 aromatic heterocycles. The van der Waals surface area contributed by atoms with Gasteiger partial charge in [-0.1, -0.05) is 12.1 Å². The van der Waals surface area contributed by atoms with Gasteiger partial charge in [0, 0.05) is 53.1 Å². The second kappa shape index (κ2) is 13.7. The molecule has 0 saturated heterocycles. The molecule has 243 valence electrons. The van der Waals surface area contributed by atoms with Gasteiger partial charge in [-0.2, -0.15) is 27.0 Å². The number of nitrogens with zero attached hydrogens (tertiary/aromatic N) is 4. The quantitative estimate of drug-likeness (QED) is 0.121. The third-order valence-corrected chi connectivity index (χ3v) is 9.30. The van der Waals surface area contributed by atoms with Crippen LogP contribution in [0.4, 0.5) is 11.4 Å². The summed E-state index contributed by atoms with van der Waals surface area (Å²) in [4.78, 5) is 32.8. The number of benzene rings is 2. The molecule has 2 aromatic carbocycles. The fraction of sp³-hybridized carbons (Fsp3) is 0.0625. The summed E-state index contributed by atoms with van der Waals surface area (Å²) in [5.74, 6) is -1.23. The maximum absolute atomic E-state index is 12.9. The van der Waals surface area contributed by atoms with Gasteiger partial charge in [-0.15, -0.1) is 0 Å². The molecule has 49 heavy (non-hydrogen) atoms. The Morgan fingerprint density at radius 2 is 1.02 bits per heavy atom. The van der Waals surface area contributed by atoms with Crippen LogP contribution in [0.3, 0.4) is 0 Å². The van der Waals surface area contributed by atoms with Crippen LogP contribution in [0.15, 0.2) is 95.4 Å². The maximum Gasteiger partial charge on any atom is 0.295 e. The zero-order chi connectivity index (χ0) is 34.4. The van der Waals surface area contributed by atoms with Gasteiger partial charge in [-0.25, -0.2) is 0 Å². The van der Waals surface area contributed by atoms with E-state index in [1.807, 2.05) is 38.1 Å². The van der Waals surface area contributed by atoms with Crippen LogP contribution in [0.5, 0.6) is 0 Å². The van der Waals surface area contributed by atoms with Gasteiger partial charge in [-0.3, -0.25) is 39.5 Å². The summed E-state index contributed by atoms with van der Waals surface area (Å²) in [6, 6.07) is 16.5. The maximum atomic E-state index is 12.9. The fourth-order valence-corrected chi connectivity index (χ4v) is 6.53. The minimum atomic E-state index is -4.66. The van der Waals surface area contributed by atoms with Crippen molar-refractivity contribution in [2.24, 2.45) is 10.2 Å². The number of carbonyl (C=O) groups is 2. The predicted molar refractivity (Wildman–Crippen MR) is 185 cm³/mol. The number of carbonyl (C=O) groups excluding carboxylic acids is 2. The molecule has 17 heteroatoms. The number of allylic oxidation sites excluding steroid dienone is 2. The van der Waals surface area contributed by atoms with E-state index in [1.165, 1.54) is 36.7 Å². The van der Waals surface area contributed by atoms with Crippen LogP contribution in [0.2, 0.25) is 0 Å². The third-order valence-electron chi connectivity index (χ3n) is 7.51. The van der Waals surface area contributed by atoms with E-state index in [9.17, 15) is 35.5 Å². The Morgan fingerprint density at radius 1 is 0.633 bits per heavy atom. The summed E-state index contributed by atoms with van der Waals surface area (Å²) < 4.78 is 67.3. The second-order valence-electron chi connectivity index (χ2n) is 10.7. The minimum absolute atomic E-state index is 0. The Balaban J connectivity index is 0.00000468. The van der Waals surface area contributed by atoms with Crippen molar-refractivity contribution in [1.82, 2.24) is 9.97 Å². The summed E-state index contributed by atoms with van der Waals surface area (Å²) >= 11 is 0. The van der Waals surface area contributed by atoms with Crippen molar-refractivity contribution in [3.05, 3.63) is 119 Å². The molecule has 6 rings (SSSR count). The number of aromatic nitrogens is 2. The molecule has 0 saturated carbocycles. The van der Waals surface area contributed by atoms with Crippen LogP contribution in [0.25, 0.3) is 20.9 Å². The topological polar surface area (TPSA) is 217 Å². The largest absolute Gasteiger partial charge is 0.295 e. The zero-order valence-electron chi connectivity index (χ0n) is 26.0. The second-order valence-corrected chi connectivity index (χ2v) is 13.5. The van der Waals surface area contributed by atoms with Gasteiger partial charge in [0.2, 0.25) is 11.6 Å². The number of pyridine rings is 2. The summed E-state index contributed by atoms with van der Waals surface area (Å²) in [7, 11) is -9.32. The van der Waals surface area contributed by atoms with Gasteiger partial charge in [0.15, 0.2) is 0 Å². The van der Waals surface area contributed by atoms with Crippen molar-refractivity contribution in [3.63, 3.8) is 0 Å². The van der Waals surface area contributed by atoms with Crippen LogP contribution in [-0.2, 0) is 20.2 Å². The first-order valence-corrected chi connectivity index (χ1v) is 16.9. The predicted octanol–water partition coefficient (Wildman–Crippen LogP) is 4.17. The van der Waals surface area contributed by atoms with Crippen LogP contribution in [0, 0.1) is 13.8 Å². The molecule has 2 aliphatic rings. The number of hydrogen-bond acceptors (Lipinski definition) is 12. The molecule has 4 aromatic rings. The first-order valence-electron chi connectivity index (χ1n) is 14.0. The van der Waals surface area contributed by atoms with Crippen molar-refractivity contribution in [2.45, 2.75) is 13.8 Å². The molecule has 0 fully saturated rings. The molecule has 0 spiro atoms. The Bertz CT molecular complexity index is 2250. The van der Waals surface area contributed by atoms with Crippen molar-refractivity contribution in [1.29, 1.82) is 0 Å². The van der Waals surface area contributed by atoms with E-state index in [2.05, 4.69) is 31.0 Å². The Morgan fingerprint density at radius 3 is 1.37 bits per heavy atom. The van der Waals surface area contributed by atoms with E-state index in [0.29, 0.717) is 11.4 Å². The normalized spacial score (nSPS) is 15.9. The number of Topliss-reactive ketones (excluding diaryl/α,β-unsaturated/α-hetero) is 2. The molecular weight excluding hydrogens is 684 g/mol. The number of rotatable bonds is 7. The van der Waals surface area contributed by atoms with Gasteiger partial charge >= 0.3 is 0 Å². The molecule has 14 nitrogen and oxygen atoms in total. The van der Waals surface area contributed by atoms with E-state index >= 15 is 0 Å². The van der Waals surface area contributed by atoms with Crippen LogP contribution < -0.4 is 10.9 Å². The van der Waals surface area contributed by atoms with Crippen LogP contribution in [-0.4, -0.2) is 88.5 Å². The van der Waals surface area contributed by atoms with Crippen molar-refractivity contribution in [2.75, 3.05) is 10.9 Å². The molecule has 4 N–H and O–H groups in total. The molecule has 0 amide bonds. The van der Waals surface area contributed by atoms with E-state index in [1.54, 1.807) is 12.1 Å². The molecule has 0 aliphatic heterocycles. The number of ketones is 2. The number of nitrogens with one attached hydrogen (secondary N) is 2. The van der Waals surface area contributed by atoms with E-state index in [0.717, 1.165) is 34.4 Å². The summed E-state index contributed by atoms with van der Waals surface area (Å²) in [6.45, 7) is 3.62. The number of aryl methyl sites for hydroxylation is 2. The summed E-state index contributed by atoms with van der Waals surface area (Å²) in [6.07, 6.45) is 4.66. The third kappa shape index (κ3) is 7.20. The monoisotopic (exact) mass is 707 g/mol. The van der Waals surface area contributed by atoms with Crippen molar-refractivity contribution in [3.8, 4) is 11.1 Å². The van der Waals surface area contributed by atoms with Crippen molar-refractivity contribution < 1.29 is 35.5 Å². The van der Waals surface area contributed by atoms with E-state index < -0.39 is 41.6 Å². The molecule has 1 radical (unpaired) electrons. The SMILES string of the molecule is Cc1cc(-c2ccc(NN=C3C=C(S(=O)(=O)O)c4cccnc4C3=O)c(C)c2)ccc1NN=C1C=C(S(=O)(=O)O)c2cccnc2C1=O.[Na]. The molecule has 2 aliphatic carbocycles. The average molecular weight is 708 g/mol. The van der Waals surface area contributed by atoms with Crippen LogP contribution in [0.1, 0.15) is 43.2 Å². The minimum Gasteiger partial charge on any atom is -0.285 e. The zero-order valence-corrected chi connectivity index (χ0v) is 29.7. The first kappa shape index (κ1) is 35.6. The number of fused-ring (bicyclic) bond motifs is 2. The molecule has 0 unspecified atom stereocenters. The van der Waals surface area contributed by atoms with Crippen molar-refractivity contribution >= 4 is 94.0 Å². The smallest absolute Gasteiger partial charge is 0.285 e. The first-order chi connectivity index (χ1) is 22.7. The van der Waals surface area contributed by atoms with Gasteiger partial charge in [0.1, 0.15) is 32.6 Å². The van der Waals surface area contributed by atoms with Gasteiger partial charge in [-0.05, 0) is 96.8 Å². The Kier molecular flexibility index (Phi) is 9.94. The molecule has 2 heterocycles. The number of hydrazone groups is 2. The van der Waals surface area contributed by atoms with Gasteiger partial charge in [0.25, 0.3) is 20.2 Å². The number of hydrogen-bond donors (Lipinski definition) is 4. The molecule has 0 atom stereocenters. The molecular formula is C32H24N6NaO8S2. The summed E-state index contributed by atoms with van der Waals surface area (Å²) in [5.41, 5.74) is 8.98. The van der Waals surface area contributed by atoms with Gasteiger partial charge in [0.05, 0.1) is 11.4 Å². The molecule has 0 bridgehead atoms. The number of anilines is 2. The van der Waals surface area contributed by atoms with Gasteiger partial charge < -0.3 is 0 Å².